The van der Waals surface area contributed by atoms with Crippen molar-refractivity contribution in [2.45, 2.75) is 17.9 Å². The molecule has 2 heterocycles. The summed E-state index contributed by atoms with van der Waals surface area (Å²) in [6, 6.07) is 20.6. The van der Waals surface area contributed by atoms with Gasteiger partial charge in [-0.05, 0) is 42.0 Å². The fraction of sp³-hybridized carbons (Fsp3) is 0.0870. The van der Waals surface area contributed by atoms with E-state index >= 15 is 0 Å². The number of benzene rings is 3. The fourth-order valence-corrected chi connectivity index (χ4v) is 4.08. The maximum Gasteiger partial charge on any atom is 0.257 e. The molecule has 7 heteroatoms. The Bertz CT molecular complexity index is 1340. The molecule has 148 valence electrons. The summed E-state index contributed by atoms with van der Waals surface area (Å²) in [5.74, 6) is 0.983. The SMILES string of the molecule is Cc1nc2cc(NC(=O)c3ccccc3CSc3nc4ccccc4o3)ccc2o1. The number of oxazole rings is 2. The molecule has 0 fully saturated rings. The van der Waals surface area contributed by atoms with Crippen molar-refractivity contribution in [3.8, 4) is 0 Å². The van der Waals surface area contributed by atoms with Crippen LogP contribution in [-0.4, -0.2) is 15.9 Å². The molecule has 0 aliphatic carbocycles. The van der Waals surface area contributed by atoms with Gasteiger partial charge in [0.15, 0.2) is 17.1 Å². The van der Waals surface area contributed by atoms with Crippen LogP contribution >= 0.6 is 11.8 Å². The standard InChI is InChI=1S/C23H17N3O3S/c1-14-24-19-12-16(10-11-21(19)28-14)25-22(27)17-7-3-2-6-15(17)13-30-23-26-18-8-4-5-9-20(18)29-23/h2-12H,13H2,1H3,(H,25,27). The van der Waals surface area contributed by atoms with Gasteiger partial charge < -0.3 is 14.2 Å². The molecule has 0 unspecified atom stereocenters. The van der Waals surface area contributed by atoms with Crippen LogP contribution in [0.4, 0.5) is 5.69 Å². The number of hydrogen-bond acceptors (Lipinski definition) is 6. The largest absolute Gasteiger partial charge is 0.441 e. The van der Waals surface area contributed by atoms with Crippen LogP contribution in [0.15, 0.2) is 80.8 Å². The number of thioether (sulfide) groups is 1. The molecule has 2 aromatic heterocycles. The lowest BCUT2D eigenvalue weighted by molar-refractivity contribution is 0.102. The minimum Gasteiger partial charge on any atom is -0.441 e. The van der Waals surface area contributed by atoms with Crippen molar-refractivity contribution < 1.29 is 13.6 Å². The van der Waals surface area contributed by atoms with E-state index in [4.69, 9.17) is 8.83 Å². The Balaban J connectivity index is 1.34. The van der Waals surface area contributed by atoms with Gasteiger partial charge in [-0.2, -0.15) is 0 Å². The second kappa shape index (κ2) is 7.68. The van der Waals surface area contributed by atoms with Crippen molar-refractivity contribution in [1.82, 2.24) is 9.97 Å². The van der Waals surface area contributed by atoms with E-state index in [-0.39, 0.29) is 5.91 Å². The number of amides is 1. The molecule has 1 amide bonds. The molecule has 5 rings (SSSR count). The number of rotatable bonds is 5. The predicted molar refractivity (Wildman–Crippen MR) is 117 cm³/mol. The molecule has 0 saturated carbocycles. The Kier molecular flexibility index (Phi) is 4.72. The van der Waals surface area contributed by atoms with Gasteiger partial charge in [0.05, 0.1) is 0 Å². The summed E-state index contributed by atoms with van der Waals surface area (Å²) in [6.45, 7) is 1.79. The van der Waals surface area contributed by atoms with Crippen molar-refractivity contribution in [3.63, 3.8) is 0 Å². The number of aromatic nitrogens is 2. The van der Waals surface area contributed by atoms with E-state index in [9.17, 15) is 4.79 Å². The molecule has 0 aliphatic heterocycles. The number of nitrogens with one attached hydrogen (secondary N) is 1. The molecule has 5 aromatic rings. The topological polar surface area (TPSA) is 81.2 Å². The van der Waals surface area contributed by atoms with Gasteiger partial charge in [0.25, 0.3) is 11.1 Å². The minimum absolute atomic E-state index is 0.177. The number of hydrogen-bond donors (Lipinski definition) is 1. The number of carbonyl (C=O) groups excluding carboxylic acids is 1. The van der Waals surface area contributed by atoms with E-state index in [1.165, 1.54) is 11.8 Å². The summed E-state index contributed by atoms with van der Waals surface area (Å²) in [6.07, 6.45) is 0. The van der Waals surface area contributed by atoms with E-state index in [1.54, 1.807) is 25.1 Å². The Morgan fingerprint density at radius 1 is 0.933 bits per heavy atom. The van der Waals surface area contributed by atoms with E-state index < -0.39 is 0 Å². The molecule has 6 nitrogen and oxygen atoms in total. The van der Waals surface area contributed by atoms with Crippen LogP contribution in [0.25, 0.3) is 22.2 Å². The second-order valence-electron chi connectivity index (χ2n) is 6.76. The summed E-state index contributed by atoms with van der Waals surface area (Å²) >= 11 is 1.46. The number of anilines is 1. The van der Waals surface area contributed by atoms with Gasteiger partial charge in [0.1, 0.15) is 11.0 Å². The average molecular weight is 415 g/mol. The Labute approximate surface area is 176 Å². The van der Waals surface area contributed by atoms with Gasteiger partial charge in [-0.15, -0.1) is 0 Å². The van der Waals surface area contributed by atoms with Crippen LogP contribution in [0.3, 0.4) is 0 Å². The zero-order valence-corrected chi connectivity index (χ0v) is 16.9. The van der Waals surface area contributed by atoms with Crippen LogP contribution in [-0.2, 0) is 5.75 Å². The van der Waals surface area contributed by atoms with Crippen molar-refractivity contribution in [2.75, 3.05) is 5.32 Å². The molecular weight excluding hydrogens is 398 g/mol. The van der Waals surface area contributed by atoms with Crippen LogP contribution < -0.4 is 5.32 Å². The summed E-state index contributed by atoms with van der Waals surface area (Å²) in [7, 11) is 0. The molecule has 0 radical (unpaired) electrons. The average Bonchev–Trinajstić information content (AvgIpc) is 3.34. The van der Waals surface area contributed by atoms with E-state index in [0.717, 1.165) is 16.7 Å². The first-order valence-electron chi connectivity index (χ1n) is 9.40. The Hall–Kier alpha value is -3.58. The van der Waals surface area contributed by atoms with Gasteiger partial charge in [-0.3, -0.25) is 4.79 Å². The van der Waals surface area contributed by atoms with Gasteiger partial charge in [0.2, 0.25) is 0 Å². The first-order valence-corrected chi connectivity index (χ1v) is 10.4. The van der Waals surface area contributed by atoms with Gasteiger partial charge in [-0.25, -0.2) is 9.97 Å². The zero-order valence-electron chi connectivity index (χ0n) is 16.1. The van der Waals surface area contributed by atoms with Crippen molar-refractivity contribution >= 4 is 45.6 Å². The van der Waals surface area contributed by atoms with Crippen molar-refractivity contribution in [2.24, 2.45) is 0 Å². The van der Waals surface area contributed by atoms with Crippen LogP contribution in [0.5, 0.6) is 0 Å². The molecule has 30 heavy (non-hydrogen) atoms. The Morgan fingerprint density at radius 2 is 1.73 bits per heavy atom. The molecule has 0 saturated heterocycles. The maximum absolute atomic E-state index is 12.9. The number of carbonyl (C=O) groups is 1. The van der Waals surface area contributed by atoms with Gasteiger partial charge >= 0.3 is 0 Å². The summed E-state index contributed by atoms with van der Waals surface area (Å²) in [5.41, 5.74) is 5.17. The molecule has 0 spiro atoms. The normalized spacial score (nSPS) is 11.2. The minimum atomic E-state index is -0.177. The first kappa shape index (κ1) is 18.4. The highest BCUT2D eigenvalue weighted by Gasteiger charge is 2.14. The highest BCUT2D eigenvalue weighted by atomic mass is 32.2. The quantitative estimate of drug-likeness (QED) is 0.364. The Morgan fingerprint density at radius 3 is 2.63 bits per heavy atom. The third kappa shape index (κ3) is 3.67. The van der Waals surface area contributed by atoms with E-state index in [1.807, 2.05) is 48.5 Å². The molecule has 0 aliphatic rings. The second-order valence-corrected chi connectivity index (χ2v) is 7.69. The van der Waals surface area contributed by atoms with Gasteiger partial charge in [0, 0.05) is 23.9 Å². The monoisotopic (exact) mass is 415 g/mol. The molecule has 0 bridgehead atoms. The summed E-state index contributed by atoms with van der Waals surface area (Å²) in [4.78, 5) is 21.7. The number of aryl methyl sites for hydroxylation is 1. The molecule has 0 atom stereocenters. The van der Waals surface area contributed by atoms with Crippen molar-refractivity contribution in [3.05, 3.63) is 83.7 Å². The summed E-state index contributed by atoms with van der Waals surface area (Å²) in [5, 5.41) is 3.53. The van der Waals surface area contributed by atoms with E-state index in [2.05, 4.69) is 15.3 Å². The maximum atomic E-state index is 12.9. The van der Waals surface area contributed by atoms with Crippen LogP contribution in [0, 0.1) is 6.92 Å². The summed E-state index contributed by atoms with van der Waals surface area (Å²) < 4.78 is 11.3. The zero-order chi connectivity index (χ0) is 20.5. The van der Waals surface area contributed by atoms with Crippen LogP contribution in [0.1, 0.15) is 21.8 Å². The molecular formula is C23H17N3O3S. The number of fused-ring (bicyclic) bond motifs is 2. The smallest absolute Gasteiger partial charge is 0.257 e. The van der Waals surface area contributed by atoms with E-state index in [0.29, 0.717) is 39.2 Å². The first-order chi connectivity index (χ1) is 14.7. The fourth-order valence-electron chi connectivity index (χ4n) is 3.24. The predicted octanol–water partition coefficient (Wildman–Crippen LogP) is 5.82. The van der Waals surface area contributed by atoms with Crippen molar-refractivity contribution in [1.29, 1.82) is 0 Å². The third-order valence-electron chi connectivity index (χ3n) is 4.64. The van der Waals surface area contributed by atoms with Crippen LogP contribution in [0.2, 0.25) is 0 Å². The third-order valence-corrected chi connectivity index (χ3v) is 5.52. The molecule has 1 N–H and O–H groups in total. The number of nitrogens with zero attached hydrogens (tertiary/aromatic N) is 2. The lowest BCUT2D eigenvalue weighted by atomic mass is 10.1. The lowest BCUT2D eigenvalue weighted by Gasteiger charge is -2.09. The highest BCUT2D eigenvalue weighted by Crippen LogP contribution is 2.28. The molecule has 3 aromatic carbocycles. The number of para-hydroxylation sites is 2. The van der Waals surface area contributed by atoms with Gasteiger partial charge in [-0.1, -0.05) is 42.1 Å². The highest BCUT2D eigenvalue weighted by molar-refractivity contribution is 7.98. The lowest BCUT2D eigenvalue weighted by Crippen LogP contribution is -2.14.